The Morgan fingerprint density at radius 1 is 1.27 bits per heavy atom. The summed E-state index contributed by atoms with van der Waals surface area (Å²) in [6.45, 7) is 7.22. The lowest BCUT2D eigenvalue weighted by Gasteiger charge is -2.38. The van der Waals surface area contributed by atoms with Crippen molar-refractivity contribution in [2.45, 2.75) is 39.5 Å². The SMILES string of the molecule is COc1ccc(CN(C)C[C@@H]2Oc3c(NC(=O)c4cc(C)nn4C)cccc3C(=O)N([C@H](C)CO)C[C@@H]2C)cc1. The Kier molecular flexibility index (Phi) is 9.11. The van der Waals surface area contributed by atoms with E-state index in [9.17, 15) is 14.7 Å². The zero-order valence-electron chi connectivity index (χ0n) is 24.0. The zero-order chi connectivity index (χ0) is 29.0. The van der Waals surface area contributed by atoms with Gasteiger partial charge in [-0.05, 0) is 56.8 Å². The van der Waals surface area contributed by atoms with Crippen LogP contribution in [0.2, 0.25) is 0 Å². The molecule has 2 heterocycles. The summed E-state index contributed by atoms with van der Waals surface area (Å²) in [5.41, 5.74) is 3.00. The van der Waals surface area contributed by atoms with Crippen molar-refractivity contribution >= 4 is 17.5 Å². The highest BCUT2D eigenvalue weighted by molar-refractivity contribution is 6.06. The van der Waals surface area contributed by atoms with Crippen LogP contribution >= 0.6 is 0 Å². The normalized spacial score (nSPS) is 18.0. The van der Waals surface area contributed by atoms with Crippen LogP contribution in [0, 0.1) is 12.8 Å². The number of methoxy groups -OCH3 is 1. The van der Waals surface area contributed by atoms with Crippen molar-refractivity contribution in [3.63, 3.8) is 0 Å². The van der Waals surface area contributed by atoms with Gasteiger partial charge in [0.15, 0.2) is 5.75 Å². The quantitative estimate of drug-likeness (QED) is 0.421. The van der Waals surface area contributed by atoms with Crippen LogP contribution in [0.3, 0.4) is 0 Å². The van der Waals surface area contributed by atoms with Gasteiger partial charge in [-0.1, -0.05) is 25.1 Å². The van der Waals surface area contributed by atoms with Gasteiger partial charge in [-0.25, -0.2) is 0 Å². The van der Waals surface area contributed by atoms with E-state index in [-0.39, 0.29) is 36.5 Å². The van der Waals surface area contributed by atoms with Gasteiger partial charge in [-0.3, -0.25) is 19.2 Å². The third kappa shape index (κ3) is 6.46. The second kappa shape index (κ2) is 12.5. The van der Waals surface area contributed by atoms with Crippen LogP contribution in [0.25, 0.3) is 0 Å². The van der Waals surface area contributed by atoms with E-state index in [0.29, 0.717) is 42.3 Å². The molecule has 1 aliphatic heterocycles. The van der Waals surface area contributed by atoms with E-state index in [0.717, 1.165) is 17.0 Å². The first-order chi connectivity index (χ1) is 19.1. The summed E-state index contributed by atoms with van der Waals surface area (Å²) in [4.78, 5) is 30.8. The van der Waals surface area contributed by atoms with Crippen molar-refractivity contribution < 1.29 is 24.2 Å². The maximum Gasteiger partial charge on any atom is 0.274 e. The number of nitrogens with zero attached hydrogens (tertiary/aromatic N) is 4. The van der Waals surface area contributed by atoms with Gasteiger partial charge in [-0.2, -0.15) is 5.10 Å². The lowest BCUT2D eigenvalue weighted by Crippen LogP contribution is -2.49. The molecule has 0 fully saturated rings. The largest absolute Gasteiger partial charge is 0.497 e. The summed E-state index contributed by atoms with van der Waals surface area (Å²) >= 11 is 0. The number of rotatable bonds is 9. The number of fused-ring (bicyclic) bond motifs is 1. The molecule has 0 radical (unpaired) electrons. The molecule has 0 spiro atoms. The molecule has 40 heavy (non-hydrogen) atoms. The molecule has 0 saturated carbocycles. The molecule has 10 nitrogen and oxygen atoms in total. The molecular weight excluding hydrogens is 510 g/mol. The number of hydrogen-bond donors (Lipinski definition) is 2. The molecule has 2 amide bonds. The number of carbonyl (C=O) groups excluding carboxylic acids is 2. The summed E-state index contributed by atoms with van der Waals surface area (Å²) in [5, 5.41) is 17.1. The average Bonchev–Trinajstić information content (AvgIpc) is 3.28. The Morgan fingerprint density at radius 3 is 2.62 bits per heavy atom. The topological polar surface area (TPSA) is 109 Å². The van der Waals surface area contributed by atoms with Crippen molar-refractivity contribution in [1.29, 1.82) is 0 Å². The lowest BCUT2D eigenvalue weighted by molar-refractivity contribution is 0.0343. The van der Waals surface area contributed by atoms with Gasteiger partial charge < -0.3 is 24.8 Å². The molecular formula is C30H39N5O5. The van der Waals surface area contributed by atoms with Crippen molar-refractivity contribution in [3.05, 3.63) is 71.0 Å². The number of anilines is 1. The predicted octanol–water partition coefficient (Wildman–Crippen LogP) is 3.34. The highest BCUT2D eigenvalue weighted by Crippen LogP contribution is 2.35. The highest BCUT2D eigenvalue weighted by Gasteiger charge is 2.34. The Bertz CT molecular complexity index is 1340. The first kappa shape index (κ1) is 29.1. The van der Waals surface area contributed by atoms with Gasteiger partial charge in [0.1, 0.15) is 17.5 Å². The molecule has 2 aromatic carbocycles. The number of likely N-dealkylation sites (N-methyl/N-ethyl adjacent to an activating group) is 1. The lowest BCUT2D eigenvalue weighted by atomic mass is 9.98. The number of carbonyl (C=O) groups is 2. The minimum Gasteiger partial charge on any atom is -0.497 e. The molecule has 0 saturated heterocycles. The molecule has 0 unspecified atom stereocenters. The molecule has 0 bridgehead atoms. The fourth-order valence-corrected chi connectivity index (χ4v) is 4.98. The van der Waals surface area contributed by atoms with Crippen LogP contribution in [0.1, 0.15) is 46.0 Å². The molecule has 3 aromatic rings. The number of hydrogen-bond acceptors (Lipinski definition) is 7. The van der Waals surface area contributed by atoms with E-state index in [2.05, 4.69) is 15.3 Å². The minimum atomic E-state index is -0.380. The summed E-state index contributed by atoms with van der Waals surface area (Å²) in [7, 11) is 5.38. The van der Waals surface area contributed by atoms with Gasteiger partial charge >= 0.3 is 0 Å². The second-order valence-corrected chi connectivity index (χ2v) is 10.6. The third-order valence-corrected chi connectivity index (χ3v) is 7.28. The number of amides is 2. The van der Waals surface area contributed by atoms with Gasteiger partial charge in [0.25, 0.3) is 11.8 Å². The fourth-order valence-electron chi connectivity index (χ4n) is 4.98. The number of benzene rings is 2. The Labute approximate surface area is 235 Å². The fraction of sp³-hybridized carbons (Fsp3) is 0.433. The molecule has 0 aliphatic carbocycles. The van der Waals surface area contributed by atoms with Crippen LogP contribution < -0.4 is 14.8 Å². The Balaban J connectivity index is 1.65. The van der Waals surface area contributed by atoms with Crippen molar-refractivity contribution in [1.82, 2.24) is 19.6 Å². The number of aliphatic hydroxyl groups excluding tert-OH is 1. The summed E-state index contributed by atoms with van der Waals surface area (Å²) in [5.74, 6) is 0.466. The van der Waals surface area contributed by atoms with E-state index in [4.69, 9.17) is 9.47 Å². The predicted molar refractivity (Wildman–Crippen MR) is 153 cm³/mol. The first-order valence-electron chi connectivity index (χ1n) is 13.5. The molecule has 2 N–H and O–H groups in total. The second-order valence-electron chi connectivity index (χ2n) is 10.6. The molecule has 1 aliphatic rings. The maximum atomic E-state index is 13.7. The van der Waals surface area contributed by atoms with E-state index in [1.54, 1.807) is 43.3 Å². The van der Waals surface area contributed by atoms with E-state index in [1.165, 1.54) is 4.68 Å². The van der Waals surface area contributed by atoms with Crippen LogP contribution in [0.5, 0.6) is 11.5 Å². The first-order valence-corrected chi connectivity index (χ1v) is 13.5. The summed E-state index contributed by atoms with van der Waals surface area (Å²) < 4.78 is 13.4. The molecule has 3 atom stereocenters. The smallest absolute Gasteiger partial charge is 0.274 e. The number of aliphatic hydroxyl groups is 1. The van der Waals surface area contributed by atoms with Gasteiger partial charge in [0.2, 0.25) is 0 Å². The molecule has 1 aromatic heterocycles. The number of aryl methyl sites for hydroxylation is 2. The van der Waals surface area contributed by atoms with Crippen LogP contribution in [-0.4, -0.2) is 82.5 Å². The van der Waals surface area contributed by atoms with Gasteiger partial charge in [0, 0.05) is 32.6 Å². The van der Waals surface area contributed by atoms with E-state index >= 15 is 0 Å². The highest BCUT2D eigenvalue weighted by atomic mass is 16.5. The van der Waals surface area contributed by atoms with E-state index < -0.39 is 0 Å². The zero-order valence-corrected chi connectivity index (χ0v) is 24.0. The molecule has 10 heteroatoms. The minimum absolute atomic E-state index is 0.0621. The number of ether oxygens (including phenoxy) is 2. The van der Waals surface area contributed by atoms with Gasteiger partial charge in [-0.15, -0.1) is 0 Å². The number of nitrogens with one attached hydrogen (secondary N) is 1. The number of aromatic nitrogens is 2. The summed E-state index contributed by atoms with van der Waals surface area (Å²) in [6, 6.07) is 14.4. The van der Waals surface area contributed by atoms with Crippen LogP contribution in [0.15, 0.2) is 48.5 Å². The van der Waals surface area contributed by atoms with Crippen LogP contribution in [-0.2, 0) is 13.6 Å². The standard InChI is InChI=1S/C30H39N5O5/c1-19-15-35(21(3)18-36)30(38)24-8-7-9-25(31-29(37)26-14-20(2)32-34(26)5)28(24)40-27(19)17-33(4)16-22-10-12-23(39-6)13-11-22/h7-14,19,21,27,36H,15-18H2,1-6H3,(H,31,37)/t19-,21+,27-/m0/s1. The molecule has 4 rings (SSSR count). The maximum absolute atomic E-state index is 13.7. The van der Waals surface area contributed by atoms with Crippen molar-refractivity contribution in [2.75, 3.05) is 39.2 Å². The Morgan fingerprint density at radius 2 is 2.00 bits per heavy atom. The Hall–Kier alpha value is -3.89. The third-order valence-electron chi connectivity index (χ3n) is 7.28. The average molecular weight is 550 g/mol. The van der Waals surface area contributed by atoms with Crippen molar-refractivity contribution in [2.24, 2.45) is 13.0 Å². The van der Waals surface area contributed by atoms with Crippen LogP contribution in [0.4, 0.5) is 5.69 Å². The monoisotopic (exact) mass is 549 g/mol. The van der Waals surface area contributed by atoms with Crippen molar-refractivity contribution in [3.8, 4) is 11.5 Å². The summed E-state index contributed by atoms with van der Waals surface area (Å²) in [6.07, 6.45) is -0.305. The molecule has 214 valence electrons. The van der Waals surface area contributed by atoms with E-state index in [1.807, 2.05) is 52.1 Å². The number of para-hydroxylation sites is 1. The van der Waals surface area contributed by atoms with Gasteiger partial charge in [0.05, 0.1) is 36.7 Å².